The highest BCUT2D eigenvalue weighted by molar-refractivity contribution is 5.83. The molecular formula is C20H34O4. The Labute approximate surface area is 147 Å². The Balaban J connectivity index is 4.85. The molecule has 0 aromatic heterocycles. The number of allylic oxidation sites excluding steroid dienone is 4. The van der Waals surface area contributed by atoms with Gasteiger partial charge in [-0.15, -0.1) is 0 Å². The fourth-order valence-corrected chi connectivity index (χ4v) is 2.20. The molecule has 0 aromatic rings. The fourth-order valence-electron chi connectivity index (χ4n) is 2.20. The lowest BCUT2D eigenvalue weighted by Gasteiger charge is -2.20. The van der Waals surface area contributed by atoms with Crippen molar-refractivity contribution in [1.82, 2.24) is 0 Å². The Kier molecular flexibility index (Phi) is 11.3. The van der Waals surface area contributed by atoms with Crippen LogP contribution in [0.2, 0.25) is 0 Å². The summed E-state index contributed by atoms with van der Waals surface area (Å²) >= 11 is 0. The zero-order valence-electron chi connectivity index (χ0n) is 16.3. The molecule has 0 radical (unpaired) electrons. The third-order valence-electron chi connectivity index (χ3n) is 3.31. The van der Waals surface area contributed by atoms with E-state index in [-0.39, 0.29) is 5.97 Å². The maximum absolute atomic E-state index is 12.0. The number of hydrogen-bond donors (Lipinski definition) is 0. The van der Waals surface area contributed by atoms with E-state index in [1.165, 1.54) is 11.6 Å². The van der Waals surface area contributed by atoms with Crippen LogP contribution < -0.4 is 0 Å². The summed E-state index contributed by atoms with van der Waals surface area (Å²) in [6, 6.07) is 0. The lowest BCUT2D eigenvalue weighted by atomic mass is 10.1. The van der Waals surface area contributed by atoms with Crippen LogP contribution in [0.1, 0.15) is 60.3 Å². The summed E-state index contributed by atoms with van der Waals surface area (Å²) in [6.45, 7) is 9.70. The molecule has 0 aliphatic rings. The molecule has 0 unspecified atom stereocenters. The van der Waals surface area contributed by atoms with Crippen molar-refractivity contribution in [1.29, 1.82) is 0 Å². The van der Waals surface area contributed by atoms with E-state index in [2.05, 4.69) is 25.2 Å². The molecule has 0 saturated carbocycles. The monoisotopic (exact) mass is 338 g/mol. The lowest BCUT2D eigenvalue weighted by molar-refractivity contribution is -0.149. The van der Waals surface area contributed by atoms with Crippen molar-refractivity contribution >= 4 is 5.97 Å². The van der Waals surface area contributed by atoms with Gasteiger partial charge in [-0.25, -0.2) is 4.79 Å². The number of carbonyl (C=O) groups excluding carboxylic acids is 1. The average molecular weight is 338 g/mol. The summed E-state index contributed by atoms with van der Waals surface area (Å²) in [7, 11) is 3.13. The molecule has 0 spiro atoms. The Hall–Kier alpha value is -1.39. The maximum atomic E-state index is 12.0. The Bertz CT molecular complexity index is 449. The van der Waals surface area contributed by atoms with E-state index in [4.69, 9.17) is 14.2 Å². The fraction of sp³-hybridized carbons (Fsp3) is 0.650. The van der Waals surface area contributed by atoms with Gasteiger partial charge in [-0.1, -0.05) is 23.8 Å². The predicted octanol–water partition coefficient (Wildman–Crippen LogP) is 4.96. The van der Waals surface area contributed by atoms with E-state index >= 15 is 0 Å². The Morgan fingerprint density at radius 3 is 2.21 bits per heavy atom. The number of hydrogen-bond acceptors (Lipinski definition) is 4. The van der Waals surface area contributed by atoms with Gasteiger partial charge in [0.25, 0.3) is 0 Å². The Morgan fingerprint density at radius 2 is 1.71 bits per heavy atom. The Morgan fingerprint density at radius 1 is 1.08 bits per heavy atom. The number of esters is 1. The van der Waals surface area contributed by atoms with E-state index in [9.17, 15) is 4.79 Å². The topological polar surface area (TPSA) is 44.8 Å². The minimum Gasteiger partial charge on any atom is -0.457 e. The summed E-state index contributed by atoms with van der Waals surface area (Å²) in [5.74, 6) is -0.370. The van der Waals surface area contributed by atoms with Crippen molar-refractivity contribution in [2.24, 2.45) is 0 Å². The molecule has 0 aromatic carbocycles. The first-order chi connectivity index (χ1) is 11.2. The zero-order chi connectivity index (χ0) is 18.6. The van der Waals surface area contributed by atoms with Crippen molar-refractivity contribution in [3.8, 4) is 0 Å². The van der Waals surface area contributed by atoms with E-state index < -0.39 is 11.9 Å². The van der Waals surface area contributed by atoms with Gasteiger partial charge in [0, 0.05) is 20.3 Å². The van der Waals surface area contributed by atoms with Crippen LogP contribution in [-0.4, -0.2) is 32.1 Å². The molecule has 0 atom stereocenters. The van der Waals surface area contributed by atoms with Crippen LogP contribution in [0.15, 0.2) is 35.5 Å². The van der Waals surface area contributed by atoms with E-state index in [0.717, 1.165) is 24.8 Å². The first kappa shape index (κ1) is 22.6. The minimum atomic E-state index is -0.533. The van der Waals surface area contributed by atoms with Crippen LogP contribution in [0, 0.1) is 0 Å². The summed E-state index contributed by atoms with van der Waals surface area (Å²) in [6.07, 6.45) is 11.0. The molecule has 24 heavy (non-hydrogen) atoms. The second-order valence-corrected chi connectivity index (χ2v) is 6.75. The van der Waals surface area contributed by atoms with Gasteiger partial charge < -0.3 is 14.2 Å². The van der Waals surface area contributed by atoms with Crippen molar-refractivity contribution in [3.05, 3.63) is 35.5 Å². The molecule has 0 bridgehead atoms. The predicted molar refractivity (Wildman–Crippen MR) is 98.8 cm³/mol. The van der Waals surface area contributed by atoms with E-state index in [0.29, 0.717) is 6.42 Å². The normalized spacial score (nSPS) is 13.8. The average Bonchev–Trinajstić information content (AvgIpc) is 2.46. The summed E-state index contributed by atoms with van der Waals surface area (Å²) in [5.41, 5.74) is 1.61. The molecule has 0 aliphatic heterocycles. The molecule has 4 heteroatoms. The van der Waals surface area contributed by atoms with Gasteiger partial charge in [-0.2, -0.15) is 0 Å². The first-order valence-electron chi connectivity index (χ1n) is 8.49. The molecule has 0 fully saturated rings. The largest absolute Gasteiger partial charge is 0.457 e. The standard InChI is InChI=1S/C20H34O4/c1-8-9-10-12-16(2)13-11-14-17(19(22-6)23-7)15-18(21)24-20(3,4)5/h8-9,13,15,19H,10-12,14H2,1-7H3/b9-8+,16-13+,17-15-. The van der Waals surface area contributed by atoms with Gasteiger partial charge in [0.2, 0.25) is 0 Å². The van der Waals surface area contributed by atoms with Crippen molar-refractivity contribution in [2.75, 3.05) is 14.2 Å². The van der Waals surface area contributed by atoms with Crippen LogP contribution in [0.4, 0.5) is 0 Å². The van der Waals surface area contributed by atoms with Gasteiger partial charge in [-0.05, 0) is 65.9 Å². The number of rotatable bonds is 10. The number of methoxy groups -OCH3 is 2. The first-order valence-corrected chi connectivity index (χ1v) is 8.49. The molecule has 0 N–H and O–H groups in total. The molecule has 0 amide bonds. The second-order valence-electron chi connectivity index (χ2n) is 6.75. The number of ether oxygens (including phenoxy) is 3. The minimum absolute atomic E-state index is 0.370. The van der Waals surface area contributed by atoms with Crippen LogP contribution in [0.25, 0.3) is 0 Å². The van der Waals surface area contributed by atoms with Crippen molar-refractivity contribution < 1.29 is 19.0 Å². The molecule has 4 nitrogen and oxygen atoms in total. The third-order valence-corrected chi connectivity index (χ3v) is 3.31. The summed E-state index contributed by atoms with van der Waals surface area (Å²) in [5, 5.41) is 0. The van der Waals surface area contributed by atoms with Gasteiger partial charge in [-0.3, -0.25) is 0 Å². The third kappa shape index (κ3) is 11.2. The van der Waals surface area contributed by atoms with Crippen molar-refractivity contribution in [3.63, 3.8) is 0 Å². The van der Waals surface area contributed by atoms with Crippen LogP contribution >= 0.6 is 0 Å². The quantitative estimate of drug-likeness (QED) is 0.244. The highest BCUT2D eigenvalue weighted by Crippen LogP contribution is 2.18. The van der Waals surface area contributed by atoms with Gasteiger partial charge >= 0.3 is 5.97 Å². The van der Waals surface area contributed by atoms with Gasteiger partial charge in [0.1, 0.15) is 5.60 Å². The SMILES string of the molecule is C/C=C/CC/C(C)=C/CC/C(=C/C(=O)OC(C)(C)C)C(OC)OC. The van der Waals surface area contributed by atoms with Gasteiger partial charge in [0.05, 0.1) is 0 Å². The van der Waals surface area contributed by atoms with Crippen molar-refractivity contribution in [2.45, 2.75) is 72.2 Å². The van der Waals surface area contributed by atoms with Crippen LogP contribution in [0.3, 0.4) is 0 Å². The maximum Gasteiger partial charge on any atom is 0.331 e. The van der Waals surface area contributed by atoms with E-state index in [1.54, 1.807) is 14.2 Å². The highest BCUT2D eigenvalue weighted by atomic mass is 16.7. The highest BCUT2D eigenvalue weighted by Gasteiger charge is 2.18. The molecule has 0 aliphatic carbocycles. The molecule has 0 saturated heterocycles. The van der Waals surface area contributed by atoms with Crippen LogP contribution in [0.5, 0.6) is 0 Å². The smallest absolute Gasteiger partial charge is 0.331 e. The summed E-state index contributed by atoms with van der Waals surface area (Å²) in [4.78, 5) is 12.0. The molecule has 0 rings (SSSR count). The molecule has 0 heterocycles. The number of carbonyl (C=O) groups is 1. The molecular weight excluding hydrogens is 304 g/mol. The zero-order valence-corrected chi connectivity index (χ0v) is 16.3. The molecule has 138 valence electrons. The van der Waals surface area contributed by atoms with E-state index in [1.807, 2.05) is 27.7 Å². The van der Waals surface area contributed by atoms with Crippen LogP contribution in [-0.2, 0) is 19.0 Å². The summed E-state index contributed by atoms with van der Waals surface area (Å²) < 4.78 is 16.0. The van der Waals surface area contributed by atoms with Gasteiger partial charge in [0.15, 0.2) is 6.29 Å². The lowest BCUT2D eigenvalue weighted by Crippen LogP contribution is -2.24. The second kappa shape index (κ2) is 12.0.